The highest BCUT2D eigenvalue weighted by Crippen LogP contribution is 2.39. The van der Waals surface area contributed by atoms with Crippen molar-refractivity contribution in [3.8, 4) is 24.7 Å². The van der Waals surface area contributed by atoms with Crippen molar-refractivity contribution < 1.29 is 76.7 Å². The predicted octanol–water partition coefficient (Wildman–Crippen LogP) is 4.67. The standard InChI is InChI=1S/2C20H22N2O10/c2*1-6-14(16-17(32-20(4,5)31-16)15-10-28-19(2,3)30-15)29-18(23)11-7-12(21(24)25)9-13(8-11)22(26)27/h2*1,7-9,14-17H,10H2,2-5H3. The normalized spacial score (nSPS) is 26.8. The van der Waals surface area contributed by atoms with E-state index in [4.69, 9.17) is 60.2 Å². The van der Waals surface area contributed by atoms with E-state index in [-0.39, 0.29) is 13.2 Å². The van der Waals surface area contributed by atoms with Crippen LogP contribution in [-0.4, -0.2) is 117 Å². The molecule has 0 aromatic heterocycles. The Morgan fingerprint density at radius 1 is 0.547 bits per heavy atom. The SMILES string of the molecule is C#CC(OC(=O)c1cc([N+](=O)[O-])cc([N+](=O)[O-])c1)C1OC(C)(C)OC1C1COC(C)(C)O1.C#CC(OC(=O)c1cc([N+](=O)[O-])cc([N+](=O)[O-])c1)C1OC(C)(C)OC1C1COC(C)(C)O1. The third-order valence-corrected chi connectivity index (χ3v) is 9.63. The summed E-state index contributed by atoms with van der Waals surface area (Å²) in [6.45, 7) is 13.9. The molecule has 0 saturated carbocycles. The Balaban J connectivity index is 0.000000241. The summed E-state index contributed by atoms with van der Waals surface area (Å²) in [6, 6.07) is 4.95. The molecule has 344 valence electrons. The zero-order valence-corrected chi connectivity index (χ0v) is 35.6. The fraction of sp³-hybridized carbons (Fsp3) is 0.550. The quantitative estimate of drug-likeness (QED) is 0.121. The molecule has 4 aliphatic heterocycles. The van der Waals surface area contributed by atoms with E-state index in [1.165, 1.54) is 0 Å². The van der Waals surface area contributed by atoms with E-state index in [0.717, 1.165) is 36.4 Å². The lowest BCUT2D eigenvalue weighted by Crippen LogP contribution is -2.45. The Morgan fingerprint density at radius 3 is 1.08 bits per heavy atom. The summed E-state index contributed by atoms with van der Waals surface area (Å²) >= 11 is 0. The number of hydrogen-bond acceptors (Lipinski definition) is 20. The molecule has 0 bridgehead atoms. The first-order valence-electron chi connectivity index (χ1n) is 19.2. The molecule has 0 radical (unpaired) electrons. The molecule has 2 aromatic rings. The summed E-state index contributed by atoms with van der Waals surface area (Å²) in [5.74, 6) is -1.38. The van der Waals surface area contributed by atoms with Gasteiger partial charge < -0.3 is 47.4 Å². The van der Waals surface area contributed by atoms with Crippen molar-refractivity contribution in [2.75, 3.05) is 13.2 Å². The van der Waals surface area contributed by atoms with Crippen molar-refractivity contribution in [1.82, 2.24) is 0 Å². The van der Waals surface area contributed by atoms with Crippen molar-refractivity contribution in [1.29, 1.82) is 0 Å². The average Bonchev–Trinajstić information content (AvgIpc) is 3.96. The van der Waals surface area contributed by atoms with Crippen LogP contribution in [0.25, 0.3) is 0 Å². The van der Waals surface area contributed by atoms with E-state index >= 15 is 0 Å². The molecule has 64 heavy (non-hydrogen) atoms. The smallest absolute Gasteiger partial charge is 0.339 e. The third kappa shape index (κ3) is 11.7. The number of hydrogen-bond donors (Lipinski definition) is 0. The van der Waals surface area contributed by atoms with Crippen molar-refractivity contribution in [2.24, 2.45) is 0 Å². The van der Waals surface area contributed by atoms with Gasteiger partial charge in [0.2, 0.25) is 0 Å². The number of carbonyl (C=O) groups excluding carboxylic acids is 2. The van der Waals surface area contributed by atoms with Crippen LogP contribution >= 0.6 is 0 Å². The van der Waals surface area contributed by atoms with Crippen LogP contribution in [0.1, 0.15) is 76.1 Å². The molecule has 6 rings (SSSR count). The molecule has 24 heteroatoms. The summed E-state index contributed by atoms with van der Waals surface area (Å²) in [6.07, 6.45) is 4.09. The van der Waals surface area contributed by atoms with Gasteiger partial charge in [0.1, 0.15) is 36.6 Å². The van der Waals surface area contributed by atoms with Gasteiger partial charge in [-0.2, -0.15) is 0 Å². The number of non-ortho nitro benzene ring substituents is 4. The minimum atomic E-state index is -1.28. The molecule has 4 saturated heterocycles. The summed E-state index contributed by atoms with van der Waals surface area (Å²) in [5, 5.41) is 44.4. The van der Waals surface area contributed by atoms with Gasteiger partial charge in [-0.25, -0.2) is 9.59 Å². The number of ether oxygens (including phenoxy) is 10. The number of nitro benzene ring substituents is 4. The van der Waals surface area contributed by atoms with Crippen molar-refractivity contribution in [3.05, 3.63) is 88.0 Å². The first-order valence-corrected chi connectivity index (χ1v) is 19.2. The van der Waals surface area contributed by atoms with Gasteiger partial charge >= 0.3 is 11.9 Å². The zero-order valence-electron chi connectivity index (χ0n) is 35.6. The lowest BCUT2D eigenvalue weighted by atomic mass is 10.0. The Bertz CT molecular complexity index is 2060. The highest BCUT2D eigenvalue weighted by molar-refractivity contribution is 5.92. The summed E-state index contributed by atoms with van der Waals surface area (Å²) in [7, 11) is 0. The maximum Gasteiger partial charge on any atom is 0.339 e. The summed E-state index contributed by atoms with van der Waals surface area (Å²) in [4.78, 5) is 66.3. The number of nitrogens with zero attached hydrogens (tertiary/aromatic N) is 4. The number of esters is 2. The van der Waals surface area contributed by atoms with Crippen LogP contribution in [-0.2, 0) is 47.4 Å². The molecule has 0 aliphatic carbocycles. The Hall–Kier alpha value is -6.22. The molecule has 4 heterocycles. The fourth-order valence-electron chi connectivity index (χ4n) is 7.04. The average molecular weight is 901 g/mol. The zero-order chi connectivity index (χ0) is 47.7. The molecule has 2 aromatic carbocycles. The number of rotatable bonds is 12. The minimum absolute atomic E-state index is 0.190. The molecule has 8 unspecified atom stereocenters. The van der Waals surface area contributed by atoms with Gasteiger partial charge in [-0.15, -0.1) is 12.8 Å². The molecule has 24 nitrogen and oxygen atoms in total. The summed E-state index contributed by atoms with van der Waals surface area (Å²) < 4.78 is 57.1. The van der Waals surface area contributed by atoms with Crippen LogP contribution in [0.2, 0.25) is 0 Å². The first kappa shape index (κ1) is 48.8. The van der Waals surface area contributed by atoms with Gasteiger partial charge in [-0.05, 0) is 55.4 Å². The number of nitro groups is 4. The molecular weight excluding hydrogens is 856 g/mol. The Morgan fingerprint density at radius 2 is 0.844 bits per heavy atom. The molecular formula is C40H44N4O20. The van der Waals surface area contributed by atoms with E-state index < -0.39 is 137 Å². The fourth-order valence-corrected chi connectivity index (χ4v) is 7.04. The number of benzene rings is 2. The Labute approximate surface area is 364 Å². The molecule has 0 N–H and O–H groups in total. The first-order chi connectivity index (χ1) is 29.6. The number of carbonyl (C=O) groups is 2. The maximum atomic E-state index is 12.7. The van der Waals surface area contributed by atoms with Crippen LogP contribution in [0, 0.1) is 65.1 Å². The largest absolute Gasteiger partial charge is 0.443 e. The third-order valence-electron chi connectivity index (χ3n) is 9.63. The molecule has 4 fully saturated rings. The topological polar surface area (TPSA) is 299 Å². The Kier molecular flexibility index (Phi) is 14.1. The van der Waals surface area contributed by atoms with E-state index in [1.54, 1.807) is 55.4 Å². The highest BCUT2D eigenvalue weighted by Gasteiger charge is 2.54. The highest BCUT2D eigenvalue weighted by atomic mass is 16.8. The second-order valence-electron chi connectivity index (χ2n) is 16.4. The number of terminal acetylenes is 2. The van der Waals surface area contributed by atoms with Gasteiger partial charge in [0.25, 0.3) is 22.7 Å². The van der Waals surface area contributed by atoms with Gasteiger partial charge in [0, 0.05) is 24.3 Å². The van der Waals surface area contributed by atoms with Crippen LogP contribution in [0.4, 0.5) is 22.7 Å². The van der Waals surface area contributed by atoms with Crippen LogP contribution in [0.3, 0.4) is 0 Å². The maximum absolute atomic E-state index is 12.7. The second-order valence-corrected chi connectivity index (χ2v) is 16.4. The molecule has 4 aliphatic rings. The molecule has 0 spiro atoms. The van der Waals surface area contributed by atoms with Gasteiger partial charge in [0.15, 0.2) is 35.4 Å². The lowest BCUT2D eigenvalue weighted by molar-refractivity contribution is -0.394. The van der Waals surface area contributed by atoms with E-state index in [0.29, 0.717) is 0 Å². The predicted molar refractivity (Wildman–Crippen MR) is 213 cm³/mol. The lowest BCUT2D eigenvalue weighted by Gasteiger charge is -2.26. The van der Waals surface area contributed by atoms with E-state index in [1.807, 2.05) is 0 Å². The molecule has 8 atom stereocenters. The monoisotopic (exact) mass is 900 g/mol. The van der Waals surface area contributed by atoms with E-state index in [9.17, 15) is 50.0 Å². The van der Waals surface area contributed by atoms with Gasteiger partial charge in [-0.3, -0.25) is 40.5 Å². The van der Waals surface area contributed by atoms with Crippen LogP contribution < -0.4 is 0 Å². The van der Waals surface area contributed by atoms with Crippen LogP contribution in [0.5, 0.6) is 0 Å². The second kappa shape index (κ2) is 18.5. The van der Waals surface area contributed by atoms with Crippen molar-refractivity contribution >= 4 is 34.7 Å². The molecule has 0 amide bonds. The summed E-state index contributed by atoms with van der Waals surface area (Å²) in [5.41, 5.74) is -3.35. The van der Waals surface area contributed by atoms with Gasteiger partial charge in [-0.1, -0.05) is 11.8 Å². The van der Waals surface area contributed by atoms with Crippen molar-refractivity contribution in [3.63, 3.8) is 0 Å². The minimum Gasteiger partial charge on any atom is -0.443 e. The van der Waals surface area contributed by atoms with Gasteiger partial charge in [0.05, 0.1) is 56.2 Å². The van der Waals surface area contributed by atoms with Crippen LogP contribution in [0.15, 0.2) is 36.4 Å². The van der Waals surface area contributed by atoms with Crippen molar-refractivity contribution in [2.45, 2.75) is 127 Å². The van der Waals surface area contributed by atoms with E-state index in [2.05, 4.69) is 11.8 Å².